The van der Waals surface area contributed by atoms with E-state index in [-0.39, 0.29) is 6.03 Å². The lowest BCUT2D eigenvalue weighted by molar-refractivity contribution is 0.224. The first-order chi connectivity index (χ1) is 7.16. The second kappa shape index (κ2) is 5.20. The Bertz CT molecular complexity index is 333. The van der Waals surface area contributed by atoms with Crippen molar-refractivity contribution in [3.05, 3.63) is 43.0 Å². The number of anilines is 1. The number of urea groups is 1. The van der Waals surface area contributed by atoms with E-state index in [1.54, 1.807) is 30.0 Å². The number of carbonyl (C=O) groups excluding carboxylic acids is 1. The molecular formula is C12H16N2O. The number of hydrogen-bond donors (Lipinski definition) is 0. The summed E-state index contributed by atoms with van der Waals surface area (Å²) in [6.45, 7) is 4.17. The van der Waals surface area contributed by atoms with Gasteiger partial charge in [-0.3, -0.25) is 4.90 Å². The van der Waals surface area contributed by atoms with E-state index in [2.05, 4.69) is 6.58 Å². The van der Waals surface area contributed by atoms with Gasteiger partial charge in [-0.15, -0.1) is 6.58 Å². The number of nitrogens with zero attached hydrogens (tertiary/aromatic N) is 2. The van der Waals surface area contributed by atoms with Crippen molar-refractivity contribution in [2.24, 2.45) is 0 Å². The zero-order valence-electron chi connectivity index (χ0n) is 9.18. The van der Waals surface area contributed by atoms with Gasteiger partial charge < -0.3 is 4.90 Å². The summed E-state index contributed by atoms with van der Waals surface area (Å²) in [5, 5.41) is 0. The van der Waals surface area contributed by atoms with Crippen LogP contribution in [0.15, 0.2) is 43.0 Å². The smallest absolute Gasteiger partial charge is 0.324 e. The summed E-state index contributed by atoms with van der Waals surface area (Å²) in [5.74, 6) is 0. The number of rotatable bonds is 3. The molecule has 0 spiro atoms. The second-order valence-electron chi connectivity index (χ2n) is 3.41. The molecule has 1 aromatic rings. The van der Waals surface area contributed by atoms with Crippen molar-refractivity contribution >= 4 is 11.7 Å². The third kappa shape index (κ3) is 2.84. The van der Waals surface area contributed by atoms with Crippen LogP contribution in [-0.4, -0.2) is 31.6 Å². The lowest BCUT2D eigenvalue weighted by Gasteiger charge is -2.24. The van der Waals surface area contributed by atoms with E-state index in [1.807, 2.05) is 30.3 Å². The average molecular weight is 204 g/mol. The molecule has 3 heteroatoms. The summed E-state index contributed by atoms with van der Waals surface area (Å²) in [6.07, 6.45) is 1.72. The molecule has 0 saturated heterocycles. The van der Waals surface area contributed by atoms with Crippen LogP contribution in [-0.2, 0) is 0 Å². The van der Waals surface area contributed by atoms with E-state index >= 15 is 0 Å². The van der Waals surface area contributed by atoms with Gasteiger partial charge in [0.05, 0.1) is 0 Å². The largest absolute Gasteiger partial charge is 0.330 e. The van der Waals surface area contributed by atoms with E-state index in [4.69, 9.17) is 0 Å². The van der Waals surface area contributed by atoms with Crippen LogP contribution in [0.25, 0.3) is 0 Å². The minimum Gasteiger partial charge on any atom is -0.330 e. The highest BCUT2D eigenvalue weighted by Crippen LogP contribution is 2.14. The predicted octanol–water partition coefficient (Wildman–Crippen LogP) is 2.36. The second-order valence-corrected chi connectivity index (χ2v) is 3.41. The van der Waals surface area contributed by atoms with Crippen LogP contribution in [0, 0.1) is 0 Å². The Morgan fingerprint density at radius 1 is 1.33 bits per heavy atom. The molecule has 0 saturated carbocycles. The van der Waals surface area contributed by atoms with Crippen LogP contribution in [0.3, 0.4) is 0 Å². The number of carbonyl (C=O) groups is 1. The average Bonchev–Trinajstić information content (AvgIpc) is 2.26. The van der Waals surface area contributed by atoms with E-state index in [0.717, 1.165) is 5.69 Å². The highest BCUT2D eigenvalue weighted by atomic mass is 16.2. The van der Waals surface area contributed by atoms with Crippen molar-refractivity contribution < 1.29 is 4.79 Å². The molecule has 80 valence electrons. The monoisotopic (exact) mass is 204 g/mol. The first kappa shape index (κ1) is 11.3. The highest BCUT2D eigenvalue weighted by molar-refractivity contribution is 5.91. The van der Waals surface area contributed by atoms with E-state index < -0.39 is 0 Å². The molecule has 2 amide bonds. The Hall–Kier alpha value is -1.77. The Labute approximate surface area is 90.6 Å². The fourth-order valence-corrected chi connectivity index (χ4v) is 1.27. The van der Waals surface area contributed by atoms with Crippen LogP contribution >= 0.6 is 0 Å². The van der Waals surface area contributed by atoms with E-state index in [1.165, 1.54) is 0 Å². The van der Waals surface area contributed by atoms with Gasteiger partial charge in [-0.2, -0.15) is 0 Å². The normalized spacial score (nSPS) is 9.47. The third-order valence-corrected chi connectivity index (χ3v) is 1.99. The molecule has 1 aromatic carbocycles. The molecule has 0 atom stereocenters. The molecule has 0 bridgehead atoms. The summed E-state index contributed by atoms with van der Waals surface area (Å²) in [6, 6.07) is 9.52. The van der Waals surface area contributed by atoms with Crippen molar-refractivity contribution in [2.45, 2.75) is 0 Å². The van der Waals surface area contributed by atoms with Crippen LogP contribution < -0.4 is 4.90 Å². The first-order valence-electron chi connectivity index (χ1n) is 4.81. The molecule has 0 aliphatic heterocycles. The number of para-hydroxylation sites is 1. The summed E-state index contributed by atoms with van der Waals surface area (Å²) in [5.41, 5.74) is 0.885. The van der Waals surface area contributed by atoms with Crippen LogP contribution in [0.1, 0.15) is 0 Å². The molecule has 1 rings (SSSR count). The summed E-state index contributed by atoms with van der Waals surface area (Å²) < 4.78 is 0. The topological polar surface area (TPSA) is 23.6 Å². The maximum Gasteiger partial charge on any atom is 0.324 e. The molecule has 15 heavy (non-hydrogen) atoms. The summed E-state index contributed by atoms with van der Waals surface area (Å²) in [7, 11) is 3.47. The molecule has 0 aliphatic rings. The Kier molecular flexibility index (Phi) is 3.92. The molecule has 0 unspecified atom stereocenters. The molecule has 0 aliphatic carbocycles. The zero-order valence-corrected chi connectivity index (χ0v) is 9.18. The van der Waals surface area contributed by atoms with Crippen molar-refractivity contribution in [2.75, 3.05) is 25.5 Å². The molecule has 0 heterocycles. The van der Waals surface area contributed by atoms with Crippen LogP contribution in [0.4, 0.5) is 10.5 Å². The number of amides is 2. The van der Waals surface area contributed by atoms with Gasteiger partial charge in [0.2, 0.25) is 0 Å². The van der Waals surface area contributed by atoms with Gasteiger partial charge in [-0.25, -0.2) is 4.79 Å². The SMILES string of the molecule is C=CCN(C(=O)N(C)C)c1ccccc1. The van der Waals surface area contributed by atoms with E-state index in [0.29, 0.717) is 6.54 Å². The quantitative estimate of drug-likeness (QED) is 0.693. The van der Waals surface area contributed by atoms with Gasteiger partial charge in [0.15, 0.2) is 0 Å². The minimum atomic E-state index is -0.0406. The minimum absolute atomic E-state index is 0.0406. The Morgan fingerprint density at radius 2 is 1.93 bits per heavy atom. The molecule has 0 aromatic heterocycles. The van der Waals surface area contributed by atoms with Crippen molar-refractivity contribution in [3.8, 4) is 0 Å². The molecular weight excluding hydrogens is 188 g/mol. The van der Waals surface area contributed by atoms with Crippen molar-refractivity contribution in [3.63, 3.8) is 0 Å². The lowest BCUT2D eigenvalue weighted by atomic mass is 10.3. The molecule has 0 N–H and O–H groups in total. The predicted molar refractivity (Wildman–Crippen MR) is 63.1 cm³/mol. The summed E-state index contributed by atoms with van der Waals surface area (Å²) in [4.78, 5) is 15.1. The van der Waals surface area contributed by atoms with Gasteiger partial charge in [0.1, 0.15) is 0 Å². The molecule has 0 fully saturated rings. The molecule has 0 radical (unpaired) electrons. The fourth-order valence-electron chi connectivity index (χ4n) is 1.27. The highest BCUT2D eigenvalue weighted by Gasteiger charge is 2.15. The third-order valence-electron chi connectivity index (χ3n) is 1.99. The van der Waals surface area contributed by atoms with Gasteiger partial charge in [-0.05, 0) is 12.1 Å². The number of benzene rings is 1. The van der Waals surface area contributed by atoms with Crippen LogP contribution in [0.2, 0.25) is 0 Å². The Balaban J connectivity index is 2.93. The van der Waals surface area contributed by atoms with E-state index in [9.17, 15) is 4.79 Å². The standard InChI is InChI=1S/C12H16N2O/c1-4-10-14(12(15)13(2)3)11-8-6-5-7-9-11/h4-9H,1,10H2,2-3H3. The lowest BCUT2D eigenvalue weighted by Crippen LogP contribution is -2.39. The van der Waals surface area contributed by atoms with Crippen molar-refractivity contribution in [1.82, 2.24) is 4.90 Å². The zero-order chi connectivity index (χ0) is 11.3. The van der Waals surface area contributed by atoms with Gasteiger partial charge in [-0.1, -0.05) is 24.3 Å². The summed E-state index contributed by atoms with van der Waals surface area (Å²) >= 11 is 0. The maximum absolute atomic E-state index is 11.8. The van der Waals surface area contributed by atoms with Gasteiger partial charge >= 0.3 is 6.03 Å². The van der Waals surface area contributed by atoms with Crippen LogP contribution in [0.5, 0.6) is 0 Å². The van der Waals surface area contributed by atoms with Crippen molar-refractivity contribution in [1.29, 1.82) is 0 Å². The first-order valence-corrected chi connectivity index (χ1v) is 4.81. The number of hydrogen-bond acceptors (Lipinski definition) is 1. The molecule has 3 nitrogen and oxygen atoms in total. The van der Waals surface area contributed by atoms with Gasteiger partial charge in [0, 0.05) is 26.3 Å². The fraction of sp³-hybridized carbons (Fsp3) is 0.250. The maximum atomic E-state index is 11.8. The Morgan fingerprint density at radius 3 is 2.40 bits per heavy atom. The van der Waals surface area contributed by atoms with Gasteiger partial charge in [0.25, 0.3) is 0 Å².